The highest BCUT2D eigenvalue weighted by Gasteiger charge is 2.46. The minimum atomic E-state index is -4.33. The maximum absolute atomic E-state index is 12.4. The van der Waals surface area contributed by atoms with Crippen molar-refractivity contribution in [3.8, 4) is 0 Å². The molecule has 1 rings (SSSR count). The van der Waals surface area contributed by atoms with Crippen molar-refractivity contribution in [3.05, 3.63) is 0 Å². The molecule has 2 atom stereocenters. The van der Waals surface area contributed by atoms with Gasteiger partial charge in [-0.15, -0.1) is 0 Å². The first-order valence-electron chi connectivity index (χ1n) is 7.32. The number of halogens is 3. The molecule has 7 heteroatoms. The summed E-state index contributed by atoms with van der Waals surface area (Å²) in [6, 6.07) is 0. The molecule has 0 aromatic carbocycles. The summed E-state index contributed by atoms with van der Waals surface area (Å²) in [5.41, 5.74) is -0.635. The second-order valence-electron chi connectivity index (χ2n) is 6.14. The Balaban J connectivity index is 2.60. The summed E-state index contributed by atoms with van der Waals surface area (Å²) in [5.74, 6) is 0.319. The number of amides is 1. The highest BCUT2D eigenvalue weighted by atomic mass is 19.4. The van der Waals surface area contributed by atoms with E-state index in [4.69, 9.17) is 0 Å². The number of ether oxygens (including phenoxy) is 1. The molecule has 0 aliphatic carbocycles. The summed E-state index contributed by atoms with van der Waals surface area (Å²) in [5, 5.41) is 3.30. The topological polar surface area (TPSA) is 41.6 Å². The number of carbonyl (C=O) groups is 1. The van der Waals surface area contributed by atoms with Gasteiger partial charge in [0, 0.05) is 6.54 Å². The van der Waals surface area contributed by atoms with Crippen molar-refractivity contribution in [1.29, 1.82) is 0 Å². The van der Waals surface area contributed by atoms with Crippen LogP contribution >= 0.6 is 0 Å². The van der Waals surface area contributed by atoms with Gasteiger partial charge in [-0.2, -0.15) is 13.2 Å². The molecule has 1 N–H and O–H groups in total. The molecule has 1 amide bonds. The van der Waals surface area contributed by atoms with E-state index in [1.165, 1.54) is 0 Å². The van der Waals surface area contributed by atoms with Crippen LogP contribution in [0.5, 0.6) is 0 Å². The van der Waals surface area contributed by atoms with Gasteiger partial charge >= 0.3 is 6.18 Å². The zero-order chi connectivity index (χ0) is 16.3. The smallest absolute Gasteiger partial charge is 0.370 e. The van der Waals surface area contributed by atoms with Gasteiger partial charge in [0.1, 0.15) is 6.61 Å². The summed E-state index contributed by atoms with van der Waals surface area (Å²) in [6.45, 7) is 6.64. The van der Waals surface area contributed by atoms with Crippen LogP contribution in [0.25, 0.3) is 0 Å². The van der Waals surface area contributed by atoms with Crippen LogP contribution in [0.2, 0.25) is 0 Å². The number of rotatable bonds is 7. The average molecular weight is 310 g/mol. The van der Waals surface area contributed by atoms with E-state index in [0.717, 1.165) is 6.42 Å². The maximum Gasteiger partial charge on any atom is 0.411 e. The minimum Gasteiger partial charge on any atom is -0.370 e. The molecule has 1 aliphatic rings. The second kappa shape index (κ2) is 6.96. The molecule has 4 nitrogen and oxygen atoms in total. The van der Waals surface area contributed by atoms with Crippen LogP contribution in [0.15, 0.2) is 0 Å². The van der Waals surface area contributed by atoms with Crippen molar-refractivity contribution in [2.45, 2.75) is 58.4 Å². The lowest BCUT2D eigenvalue weighted by Crippen LogP contribution is -2.44. The standard InChI is InChI=1S/C14H25F3N2O2/c1-5-13(4)12(20)19(11(18-13)8-10(2)3)6-7-21-9-14(15,16)17/h10-11,18H,5-9H2,1-4H3. The van der Waals surface area contributed by atoms with E-state index in [0.29, 0.717) is 12.3 Å². The fourth-order valence-corrected chi connectivity index (χ4v) is 2.46. The number of hydrogen-bond donors (Lipinski definition) is 1. The van der Waals surface area contributed by atoms with Gasteiger partial charge in [-0.05, 0) is 25.7 Å². The quantitative estimate of drug-likeness (QED) is 0.735. The molecule has 1 heterocycles. The van der Waals surface area contributed by atoms with Crippen molar-refractivity contribution in [2.24, 2.45) is 5.92 Å². The predicted molar refractivity (Wildman–Crippen MR) is 73.7 cm³/mol. The van der Waals surface area contributed by atoms with Gasteiger partial charge < -0.3 is 9.64 Å². The van der Waals surface area contributed by atoms with Gasteiger partial charge in [-0.25, -0.2) is 0 Å². The van der Waals surface area contributed by atoms with Crippen molar-refractivity contribution in [2.75, 3.05) is 19.8 Å². The van der Waals surface area contributed by atoms with Crippen LogP contribution in [-0.4, -0.2) is 48.4 Å². The van der Waals surface area contributed by atoms with Crippen LogP contribution in [0.4, 0.5) is 13.2 Å². The van der Waals surface area contributed by atoms with E-state index in [2.05, 4.69) is 10.1 Å². The molecular formula is C14H25F3N2O2. The van der Waals surface area contributed by atoms with Gasteiger partial charge in [-0.3, -0.25) is 10.1 Å². The maximum atomic E-state index is 12.4. The lowest BCUT2D eigenvalue weighted by atomic mass is 9.99. The van der Waals surface area contributed by atoms with Crippen molar-refractivity contribution in [3.63, 3.8) is 0 Å². The average Bonchev–Trinajstić information content (AvgIpc) is 2.57. The summed E-state index contributed by atoms with van der Waals surface area (Å²) >= 11 is 0. The predicted octanol–water partition coefficient (Wildman–Crippen LogP) is 2.54. The third-order valence-corrected chi connectivity index (χ3v) is 3.74. The Kier molecular flexibility index (Phi) is 6.04. The normalized spacial score (nSPS) is 27.0. The molecule has 1 aliphatic heterocycles. The van der Waals surface area contributed by atoms with Gasteiger partial charge in [0.15, 0.2) is 0 Å². The first-order chi connectivity index (χ1) is 9.59. The van der Waals surface area contributed by atoms with Crippen molar-refractivity contribution in [1.82, 2.24) is 10.2 Å². The second-order valence-corrected chi connectivity index (χ2v) is 6.14. The number of nitrogens with zero attached hydrogens (tertiary/aromatic N) is 1. The van der Waals surface area contributed by atoms with E-state index in [1.807, 2.05) is 27.7 Å². The fourth-order valence-electron chi connectivity index (χ4n) is 2.46. The number of alkyl halides is 3. The lowest BCUT2D eigenvalue weighted by molar-refractivity contribution is -0.175. The summed E-state index contributed by atoms with van der Waals surface area (Å²) < 4.78 is 40.7. The van der Waals surface area contributed by atoms with E-state index in [-0.39, 0.29) is 25.2 Å². The Morgan fingerprint density at radius 3 is 2.52 bits per heavy atom. The molecule has 1 saturated heterocycles. The first-order valence-corrected chi connectivity index (χ1v) is 7.32. The van der Waals surface area contributed by atoms with Gasteiger partial charge in [0.2, 0.25) is 5.91 Å². The van der Waals surface area contributed by atoms with Crippen LogP contribution in [0, 0.1) is 5.92 Å². The highest BCUT2D eigenvalue weighted by Crippen LogP contribution is 2.26. The first kappa shape index (κ1) is 18.2. The Labute approximate surface area is 124 Å². The third-order valence-electron chi connectivity index (χ3n) is 3.74. The number of nitrogens with one attached hydrogen (secondary N) is 1. The summed E-state index contributed by atoms with van der Waals surface area (Å²) in [7, 11) is 0. The summed E-state index contributed by atoms with van der Waals surface area (Å²) in [6.07, 6.45) is -3.07. The molecule has 1 fully saturated rings. The Hall–Kier alpha value is -0.820. The lowest BCUT2D eigenvalue weighted by Gasteiger charge is -2.25. The molecule has 21 heavy (non-hydrogen) atoms. The number of carbonyl (C=O) groups excluding carboxylic acids is 1. The van der Waals surface area contributed by atoms with Gasteiger partial charge in [0.05, 0.1) is 18.3 Å². The monoisotopic (exact) mass is 310 g/mol. The minimum absolute atomic E-state index is 0.0636. The van der Waals surface area contributed by atoms with E-state index in [1.54, 1.807) is 4.90 Å². The van der Waals surface area contributed by atoms with Crippen LogP contribution in [0.1, 0.15) is 40.5 Å². The van der Waals surface area contributed by atoms with Crippen molar-refractivity contribution < 1.29 is 22.7 Å². The zero-order valence-corrected chi connectivity index (χ0v) is 13.1. The van der Waals surface area contributed by atoms with Crippen LogP contribution in [0.3, 0.4) is 0 Å². The van der Waals surface area contributed by atoms with Crippen molar-refractivity contribution >= 4 is 5.91 Å². The van der Waals surface area contributed by atoms with Crippen LogP contribution < -0.4 is 5.32 Å². The molecule has 0 saturated carbocycles. The molecule has 0 radical (unpaired) electrons. The van der Waals surface area contributed by atoms with E-state index in [9.17, 15) is 18.0 Å². The Bertz CT molecular complexity index is 361. The molecule has 2 unspecified atom stereocenters. The number of hydrogen-bond acceptors (Lipinski definition) is 3. The molecule has 0 aromatic heterocycles. The molecule has 0 spiro atoms. The highest BCUT2D eigenvalue weighted by molar-refractivity contribution is 5.88. The molecule has 124 valence electrons. The fraction of sp³-hybridized carbons (Fsp3) is 0.929. The van der Waals surface area contributed by atoms with Crippen LogP contribution in [-0.2, 0) is 9.53 Å². The zero-order valence-electron chi connectivity index (χ0n) is 13.1. The van der Waals surface area contributed by atoms with E-state index < -0.39 is 18.3 Å². The van der Waals surface area contributed by atoms with E-state index >= 15 is 0 Å². The largest absolute Gasteiger partial charge is 0.411 e. The molecule has 0 aromatic rings. The van der Waals surface area contributed by atoms with Gasteiger partial charge in [0.25, 0.3) is 0 Å². The Morgan fingerprint density at radius 1 is 1.43 bits per heavy atom. The molecule has 0 bridgehead atoms. The third kappa shape index (κ3) is 5.14. The SMILES string of the molecule is CCC1(C)NC(CC(C)C)N(CCOCC(F)(F)F)C1=O. The summed E-state index contributed by atoms with van der Waals surface area (Å²) in [4.78, 5) is 14.0. The Morgan fingerprint density at radius 2 is 2.05 bits per heavy atom. The molecular weight excluding hydrogens is 285 g/mol. The van der Waals surface area contributed by atoms with Gasteiger partial charge in [-0.1, -0.05) is 20.8 Å².